The first-order valence-electron chi connectivity index (χ1n) is 7.03. The number of benzene rings is 2. The zero-order valence-corrected chi connectivity index (χ0v) is 14.4. The molecule has 2 N–H and O–H groups in total. The van der Waals surface area contributed by atoms with Gasteiger partial charge in [0.1, 0.15) is 5.82 Å². The predicted molar refractivity (Wildman–Crippen MR) is 90.7 cm³/mol. The first kappa shape index (κ1) is 18.4. The summed E-state index contributed by atoms with van der Waals surface area (Å²) in [5.41, 5.74) is 1.40. The van der Waals surface area contributed by atoms with Crippen LogP contribution in [0.1, 0.15) is 21.5 Å². The molecule has 2 rings (SSSR count). The lowest BCUT2D eigenvalue weighted by molar-refractivity contribution is 0.0951. The molecule has 0 aliphatic rings. The molecule has 0 saturated carbocycles. The van der Waals surface area contributed by atoms with Crippen LogP contribution in [0.15, 0.2) is 42.5 Å². The summed E-state index contributed by atoms with van der Waals surface area (Å²) in [7, 11) is -2.08. The topological polar surface area (TPSA) is 75.3 Å². The number of carbonyl (C=O) groups is 1. The van der Waals surface area contributed by atoms with E-state index in [9.17, 15) is 17.6 Å². The molecule has 0 aliphatic heterocycles. The Morgan fingerprint density at radius 1 is 1.17 bits per heavy atom. The van der Waals surface area contributed by atoms with Gasteiger partial charge in [-0.1, -0.05) is 35.9 Å². The summed E-state index contributed by atoms with van der Waals surface area (Å²) < 4.78 is 38.7. The quantitative estimate of drug-likeness (QED) is 0.820. The molecule has 0 unspecified atom stereocenters. The van der Waals surface area contributed by atoms with E-state index < -0.39 is 21.7 Å². The van der Waals surface area contributed by atoms with Gasteiger partial charge in [-0.3, -0.25) is 4.79 Å². The zero-order valence-electron chi connectivity index (χ0n) is 12.8. The molecule has 24 heavy (non-hydrogen) atoms. The van der Waals surface area contributed by atoms with Crippen LogP contribution < -0.4 is 10.0 Å². The molecule has 0 saturated heterocycles. The van der Waals surface area contributed by atoms with Gasteiger partial charge in [0.25, 0.3) is 5.91 Å². The summed E-state index contributed by atoms with van der Waals surface area (Å²) in [4.78, 5) is 12.2. The van der Waals surface area contributed by atoms with Gasteiger partial charge in [-0.15, -0.1) is 0 Å². The monoisotopic (exact) mass is 370 g/mol. The average Bonchev–Trinajstić information content (AvgIpc) is 2.53. The minimum atomic E-state index is -3.42. The molecule has 2 aromatic rings. The highest BCUT2D eigenvalue weighted by Crippen LogP contribution is 2.18. The smallest absolute Gasteiger partial charge is 0.253 e. The summed E-state index contributed by atoms with van der Waals surface area (Å²) in [6.07, 6.45) is 0. The highest BCUT2D eigenvalue weighted by atomic mass is 35.5. The fourth-order valence-electron chi connectivity index (χ4n) is 2.09. The molecule has 0 fully saturated rings. The maximum Gasteiger partial charge on any atom is 0.253 e. The molecule has 0 aliphatic carbocycles. The van der Waals surface area contributed by atoms with E-state index in [1.165, 1.54) is 13.1 Å². The lowest BCUT2D eigenvalue weighted by Crippen LogP contribution is -2.25. The molecule has 0 radical (unpaired) electrons. The fourth-order valence-corrected chi connectivity index (χ4v) is 3.18. The second-order valence-electron chi connectivity index (χ2n) is 5.04. The number of amides is 1. The number of carbonyl (C=O) groups excluding carboxylic acids is 1. The Kier molecular flexibility index (Phi) is 5.93. The van der Waals surface area contributed by atoms with Crippen molar-refractivity contribution in [3.63, 3.8) is 0 Å². The van der Waals surface area contributed by atoms with Crippen molar-refractivity contribution in [3.8, 4) is 0 Å². The van der Waals surface area contributed by atoms with Crippen molar-refractivity contribution in [2.75, 3.05) is 7.05 Å². The van der Waals surface area contributed by atoms with Crippen molar-refractivity contribution in [3.05, 3.63) is 70.0 Å². The fraction of sp³-hybridized carbons (Fsp3) is 0.188. The van der Waals surface area contributed by atoms with Crippen molar-refractivity contribution in [1.82, 2.24) is 10.0 Å². The Bertz CT molecular complexity index is 856. The number of nitrogens with one attached hydrogen (secondary N) is 2. The Morgan fingerprint density at radius 3 is 2.46 bits per heavy atom. The molecular formula is C16H16ClFN2O3S. The number of sulfonamides is 1. The molecule has 1 amide bonds. The maximum atomic E-state index is 13.0. The van der Waals surface area contributed by atoms with Gasteiger partial charge in [0.15, 0.2) is 0 Å². The summed E-state index contributed by atoms with van der Waals surface area (Å²) in [5, 5.41) is 2.67. The molecular weight excluding hydrogens is 355 g/mol. The standard InChI is InChI=1S/C16H16ClFN2O3S/c1-19-24(22,23)10-12-5-3-2-4-11(12)9-20-16(21)14-7-6-13(18)8-15(14)17/h2-8,19H,9-10H2,1H3,(H,20,21). The van der Waals surface area contributed by atoms with Crippen molar-refractivity contribution in [1.29, 1.82) is 0 Å². The van der Waals surface area contributed by atoms with Gasteiger partial charge in [-0.25, -0.2) is 17.5 Å². The van der Waals surface area contributed by atoms with E-state index in [0.29, 0.717) is 11.1 Å². The Labute approximate surface area is 144 Å². The molecule has 128 valence electrons. The molecule has 0 spiro atoms. The highest BCUT2D eigenvalue weighted by Gasteiger charge is 2.14. The molecule has 0 bridgehead atoms. The van der Waals surface area contributed by atoms with E-state index >= 15 is 0 Å². The predicted octanol–water partition coefficient (Wildman–Crippen LogP) is 2.46. The summed E-state index contributed by atoms with van der Waals surface area (Å²) >= 11 is 5.85. The van der Waals surface area contributed by atoms with Crippen LogP contribution in [0.25, 0.3) is 0 Å². The lowest BCUT2D eigenvalue weighted by atomic mass is 10.1. The van der Waals surface area contributed by atoms with Gasteiger partial charge in [-0.05, 0) is 36.4 Å². The molecule has 0 heterocycles. The third-order valence-corrected chi connectivity index (χ3v) is 5.02. The van der Waals surface area contributed by atoms with Gasteiger partial charge < -0.3 is 5.32 Å². The van der Waals surface area contributed by atoms with Gasteiger partial charge in [0.05, 0.1) is 16.3 Å². The van der Waals surface area contributed by atoms with Gasteiger partial charge in [-0.2, -0.15) is 0 Å². The second kappa shape index (κ2) is 7.74. The summed E-state index contributed by atoms with van der Waals surface area (Å²) in [6, 6.07) is 10.4. The van der Waals surface area contributed by atoms with E-state index in [2.05, 4.69) is 10.0 Å². The van der Waals surface area contributed by atoms with E-state index in [0.717, 1.165) is 12.1 Å². The number of hydrogen-bond acceptors (Lipinski definition) is 3. The summed E-state index contributed by atoms with van der Waals surface area (Å²) in [5.74, 6) is -1.18. The Balaban J connectivity index is 2.13. The molecule has 8 heteroatoms. The van der Waals surface area contributed by atoms with E-state index in [1.54, 1.807) is 24.3 Å². The van der Waals surface area contributed by atoms with Crippen LogP contribution in [-0.2, 0) is 22.3 Å². The van der Waals surface area contributed by atoms with Crippen LogP contribution >= 0.6 is 11.6 Å². The third kappa shape index (κ3) is 4.77. The van der Waals surface area contributed by atoms with Crippen molar-refractivity contribution >= 4 is 27.5 Å². The third-order valence-electron chi connectivity index (χ3n) is 3.39. The normalized spacial score (nSPS) is 11.3. The Hall–Kier alpha value is -1.96. The first-order valence-corrected chi connectivity index (χ1v) is 9.06. The van der Waals surface area contributed by atoms with Crippen LogP contribution in [0.2, 0.25) is 5.02 Å². The van der Waals surface area contributed by atoms with E-state index in [-0.39, 0.29) is 22.9 Å². The van der Waals surface area contributed by atoms with Gasteiger partial charge in [0, 0.05) is 6.54 Å². The van der Waals surface area contributed by atoms with Crippen molar-refractivity contribution < 1.29 is 17.6 Å². The second-order valence-corrected chi connectivity index (χ2v) is 7.37. The average molecular weight is 371 g/mol. The molecule has 0 aromatic heterocycles. The minimum Gasteiger partial charge on any atom is -0.348 e. The summed E-state index contributed by atoms with van der Waals surface area (Å²) in [6.45, 7) is 0.127. The molecule has 2 aromatic carbocycles. The molecule has 5 nitrogen and oxygen atoms in total. The lowest BCUT2D eigenvalue weighted by Gasteiger charge is -2.11. The number of hydrogen-bond donors (Lipinski definition) is 2. The van der Waals surface area contributed by atoms with E-state index in [1.807, 2.05) is 0 Å². The van der Waals surface area contributed by atoms with Gasteiger partial charge >= 0.3 is 0 Å². The zero-order chi connectivity index (χ0) is 17.7. The number of rotatable bonds is 6. The van der Waals surface area contributed by atoms with Gasteiger partial charge in [0.2, 0.25) is 10.0 Å². The van der Waals surface area contributed by atoms with Crippen LogP contribution in [0.3, 0.4) is 0 Å². The Morgan fingerprint density at radius 2 is 1.83 bits per heavy atom. The SMILES string of the molecule is CNS(=O)(=O)Cc1ccccc1CNC(=O)c1ccc(F)cc1Cl. The molecule has 0 atom stereocenters. The van der Waals surface area contributed by atoms with Crippen molar-refractivity contribution in [2.24, 2.45) is 0 Å². The largest absolute Gasteiger partial charge is 0.348 e. The maximum absolute atomic E-state index is 13.0. The highest BCUT2D eigenvalue weighted by molar-refractivity contribution is 7.88. The van der Waals surface area contributed by atoms with Crippen LogP contribution in [-0.4, -0.2) is 21.4 Å². The van der Waals surface area contributed by atoms with E-state index in [4.69, 9.17) is 11.6 Å². The number of halogens is 2. The van der Waals surface area contributed by atoms with Crippen molar-refractivity contribution in [2.45, 2.75) is 12.3 Å². The van der Waals surface area contributed by atoms with Crippen LogP contribution in [0, 0.1) is 5.82 Å². The first-order chi connectivity index (χ1) is 11.3. The van der Waals surface area contributed by atoms with Crippen LogP contribution in [0.5, 0.6) is 0 Å². The van der Waals surface area contributed by atoms with Crippen LogP contribution in [0.4, 0.5) is 4.39 Å². The minimum absolute atomic E-state index is 0.0125.